The molecule has 2 heteroatoms. The topological polar surface area (TPSA) is 21.3 Å². The number of hydrogen-bond acceptors (Lipinski definition) is 2. The highest BCUT2D eigenvalue weighted by Crippen LogP contribution is 2.14. The first-order valence-corrected chi connectivity index (χ1v) is 7.65. The van der Waals surface area contributed by atoms with Gasteiger partial charge in [-0.15, -0.1) is 0 Å². The van der Waals surface area contributed by atoms with E-state index in [0.717, 1.165) is 19.4 Å². The van der Waals surface area contributed by atoms with Crippen molar-refractivity contribution in [1.29, 1.82) is 0 Å². The van der Waals surface area contributed by atoms with Crippen molar-refractivity contribution in [2.24, 2.45) is 0 Å². The first kappa shape index (κ1) is 15.7. The van der Waals surface area contributed by atoms with Crippen LogP contribution in [-0.4, -0.2) is 20.3 Å². The van der Waals surface area contributed by atoms with Gasteiger partial charge >= 0.3 is 0 Å². The number of aryl methyl sites for hydroxylation is 2. The first-order chi connectivity index (χ1) is 10.3. The van der Waals surface area contributed by atoms with Crippen molar-refractivity contribution in [3.63, 3.8) is 0 Å². The van der Waals surface area contributed by atoms with E-state index in [1.54, 1.807) is 0 Å². The summed E-state index contributed by atoms with van der Waals surface area (Å²) in [5.74, 6) is 0. The second kappa shape index (κ2) is 8.60. The number of hydrogen-bond donors (Lipinski definition) is 1. The molecule has 0 fully saturated rings. The zero-order chi connectivity index (χ0) is 14.9. The molecule has 2 aromatic rings. The van der Waals surface area contributed by atoms with Crippen LogP contribution in [0.4, 0.5) is 0 Å². The Morgan fingerprint density at radius 3 is 2.38 bits per heavy atom. The lowest BCUT2D eigenvalue weighted by atomic mass is 10.1. The van der Waals surface area contributed by atoms with E-state index in [4.69, 9.17) is 4.74 Å². The Morgan fingerprint density at radius 2 is 1.71 bits per heavy atom. The zero-order valence-corrected chi connectivity index (χ0v) is 13.0. The molecule has 0 saturated carbocycles. The van der Waals surface area contributed by atoms with Gasteiger partial charge in [-0.05, 0) is 37.9 Å². The Hall–Kier alpha value is -1.64. The zero-order valence-electron chi connectivity index (χ0n) is 13.0. The fraction of sp³-hybridized carbons (Fsp3) is 0.368. The molecule has 112 valence electrons. The quantitative estimate of drug-likeness (QED) is 0.742. The average Bonchev–Trinajstić information content (AvgIpc) is 2.53. The molecule has 0 spiro atoms. The van der Waals surface area contributed by atoms with E-state index in [9.17, 15) is 0 Å². The maximum Gasteiger partial charge on any atom is 0.0661 e. The van der Waals surface area contributed by atoms with Crippen LogP contribution in [0.1, 0.15) is 29.2 Å². The van der Waals surface area contributed by atoms with Crippen molar-refractivity contribution in [2.45, 2.75) is 25.8 Å². The van der Waals surface area contributed by atoms with E-state index in [2.05, 4.69) is 66.8 Å². The molecule has 2 nitrogen and oxygen atoms in total. The highest BCUT2D eigenvalue weighted by molar-refractivity contribution is 5.24. The molecule has 21 heavy (non-hydrogen) atoms. The molecular formula is C19H25NO. The Labute approximate surface area is 128 Å². The molecule has 0 aliphatic rings. The molecule has 0 aliphatic heterocycles. The van der Waals surface area contributed by atoms with E-state index in [-0.39, 0.29) is 6.04 Å². The SMILES string of the molecule is CNC(COCCCc1ccccc1)c1ccc(C)cc1. The molecule has 1 unspecified atom stereocenters. The Bertz CT molecular complexity index is 507. The highest BCUT2D eigenvalue weighted by Gasteiger charge is 2.08. The third-order valence-corrected chi connectivity index (χ3v) is 3.71. The minimum absolute atomic E-state index is 0.266. The predicted octanol–water partition coefficient (Wildman–Crippen LogP) is 3.90. The van der Waals surface area contributed by atoms with Crippen molar-refractivity contribution in [3.8, 4) is 0 Å². The predicted molar refractivity (Wildman–Crippen MR) is 88.6 cm³/mol. The monoisotopic (exact) mass is 283 g/mol. The van der Waals surface area contributed by atoms with Crippen LogP contribution in [0.5, 0.6) is 0 Å². The minimum Gasteiger partial charge on any atom is -0.379 e. The molecule has 1 N–H and O–H groups in total. The van der Waals surface area contributed by atoms with Gasteiger partial charge in [-0.25, -0.2) is 0 Å². The largest absolute Gasteiger partial charge is 0.379 e. The summed E-state index contributed by atoms with van der Waals surface area (Å²) in [6, 6.07) is 19.5. The maximum atomic E-state index is 5.83. The summed E-state index contributed by atoms with van der Waals surface area (Å²) >= 11 is 0. The number of benzene rings is 2. The summed E-state index contributed by atoms with van der Waals surface area (Å²) in [7, 11) is 1.98. The Kier molecular flexibility index (Phi) is 6.45. The average molecular weight is 283 g/mol. The van der Waals surface area contributed by atoms with Crippen LogP contribution < -0.4 is 5.32 Å². The Balaban J connectivity index is 1.70. The van der Waals surface area contributed by atoms with Gasteiger partial charge in [0, 0.05) is 6.61 Å². The van der Waals surface area contributed by atoms with Gasteiger partial charge in [-0.2, -0.15) is 0 Å². The summed E-state index contributed by atoms with van der Waals surface area (Å²) < 4.78 is 5.83. The highest BCUT2D eigenvalue weighted by atomic mass is 16.5. The van der Waals surface area contributed by atoms with Gasteiger partial charge in [0.05, 0.1) is 12.6 Å². The molecule has 0 heterocycles. The number of rotatable bonds is 8. The van der Waals surface area contributed by atoms with Crippen LogP contribution in [0.15, 0.2) is 54.6 Å². The van der Waals surface area contributed by atoms with E-state index in [0.29, 0.717) is 6.61 Å². The van der Waals surface area contributed by atoms with Crippen molar-refractivity contribution in [2.75, 3.05) is 20.3 Å². The molecule has 2 rings (SSSR count). The van der Waals surface area contributed by atoms with Crippen LogP contribution in [0.25, 0.3) is 0 Å². The van der Waals surface area contributed by atoms with Gasteiger partial charge in [0.25, 0.3) is 0 Å². The first-order valence-electron chi connectivity index (χ1n) is 7.65. The minimum atomic E-state index is 0.266. The standard InChI is InChI=1S/C19H25NO/c1-16-10-12-18(13-11-16)19(20-2)15-21-14-6-9-17-7-4-3-5-8-17/h3-5,7-8,10-13,19-20H,6,9,14-15H2,1-2H3. The second-order valence-corrected chi connectivity index (χ2v) is 5.42. The van der Waals surface area contributed by atoms with Gasteiger partial charge in [-0.1, -0.05) is 60.2 Å². The number of nitrogens with one attached hydrogen (secondary N) is 1. The van der Waals surface area contributed by atoms with Crippen molar-refractivity contribution in [3.05, 3.63) is 71.3 Å². The van der Waals surface area contributed by atoms with Gasteiger partial charge in [0.2, 0.25) is 0 Å². The van der Waals surface area contributed by atoms with Gasteiger partial charge in [0.15, 0.2) is 0 Å². The fourth-order valence-corrected chi connectivity index (χ4v) is 2.37. The molecule has 0 amide bonds. The molecule has 0 aliphatic carbocycles. The lowest BCUT2D eigenvalue weighted by Gasteiger charge is -2.17. The third kappa shape index (κ3) is 5.33. The molecule has 2 aromatic carbocycles. The summed E-state index contributed by atoms with van der Waals surface area (Å²) in [5.41, 5.74) is 3.95. The molecular weight excluding hydrogens is 258 g/mol. The normalized spacial score (nSPS) is 12.3. The maximum absolute atomic E-state index is 5.83. The Morgan fingerprint density at radius 1 is 1.00 bits per heavy atom. The van der Waals surface area contributed by atoms with Crippen LogP contribution in [-0.2, 0) is 11.2 Å². The second-order valence-electron chi connectivity index (χ2n) is 5.42. The van der Waals surface area contributed by atoms with Crippen LogP contribution in [0, 0.1) is 6.92 Å². The van der Waals surface area contributed by atoms with Crippen molar-refractivity contribution < 1.29 is 4.74 Å². The van der Waals surface area contributed by atoms with Gasteiger partial charge < -0.3 is 10.1 Å². The third-order valence-electron chi connectivity index (χ3n) is 3.71. The van der Waals surface area contributed by atoms with E-state index in [1.807, 2.05) is 7.05 Å². The van der Waals surface area contributed by atoms with E-state index < -0.39 is 0 Å². The van der Waals surface area contributed by atoms with Gasteiger partial charge in [0.1, 0.15) is 0 Å². The van der Waals surface area contributed by atoms with Crippen molar-refractivity contribution >= 4 is 0 Å². The van der Waals surface area contributed by atoms with E-state index in [1.165, 1.54) is 16.7 Å². The summed E-state index contributed by atoms with van der Waals surface area (Å²) in [5, 5.41) is 3.32. The fourth-order valence-electron chi connectivity index (χ4n) is 2.37. The van der Waals surface area contributed by atoms with Crippen LogP contribution in [0.2, 0.25) is 0 Å². The molecule has 0 bridgehead atoms. The summed E-state index contributed by atoms with van der Waals surface area (Å²) in [4.78, 5) is 0. The van der Waals surface area contributed by atoms with Gasteiger partial charge in [-0.3, -0.25) is 0 Å². The van der Waals surface area contributed by atoms with Crippen molar-refractivity contribution in [1.82, 2.24) is 5.32 Å². The molecule has 0 radical (unpaired) electrons. The lowest BCUT2D eigenvalue weighted by Crippen LogP contribution is -2.22. The number of ether oxygens (including phenoxy) is 1. The lowest BCUT2D eigenvalue weighted by molar-refractivity contribution is 0.111. The molecule has 0 saturated heterocycles. The smallest absolute Gasteiger partial charge is 0.0661 e. The molecule has 0 aromatic heterocycles. The summed E-state index contributed by atoms with van der Waals surface area (Å²) in [6.07, 6.45) is 2.14. The molecule has 1 atom stereocenters. The summed E-state index contributed by atoms with van der Waals surface area (Å²) in [6.45, 7) is 3.63. The van der Waals surface area contributed by atoms with Crippen LogP contribution in [0.3, 0.4) is 0 Å². The number of likely N-dealkylation sites (N-methyl/N-ethyl adjacent to an activating group) is 1. The van der Waals surface area contributed by atoms with Crippen LogP contribution >= 0.6 is 0 Å². The van der Waals surface area contributed by atoms with E-state index >= 15 is 0 Å².